The van der Waals surface area contributed by atoms with Crippen molar-refractivity contribution >= 4 is 29.2 Å². The maximum Gasteiger partial charge on any atom is 0.325 e. The van der Waals surface area contributed by atoms with Gasteiger partial charge in [-0.2, -0.15) is 0 Å². The Morgan fingerprint density at radius 3 is 2.46 bits per heavy atom. The summed E-state index contributed by atoms with van der Waals surface area (Å²) in [4.78, 5) is 45.6. The van der Waals surface area contributed by atoms with E-state index in [2.05, 4.69) is 10.6 Å². The van der Waals surface area contributed by atoms with Gasteiger partial charge in [0, 0.05) is 17.7 Å². The van der Waals surface area contributed by atoms with Crippen LogP contribution in [0.25, 0.3) is 0 Å². The van der Waals surface area contributed by atoms with E-state index in [1.54, 1.807) is 30.3 Å². The normalized spacial score (nSPS) is 9.89. The molecule has 10 heteroatoms. The number of benzene rings is 2. The zero-order chi connectivity index (χ0) is 20.5. The Morgan fingerprint density at radius 1 is 1.11 bits per heavy atom. The van der Waals surface area contributed by atoms with E-state index in [4.69, 9.17) is 9.47 Å². The number of non-ortho nitro benzene ring substituents is 1. The molecule has 2 rings (SSSR count). The minimum Gasteiger partial charge on any atom is -0.495 e. The minimum absolute atomic E-state index is 0.0649. The molecule has 2 amide bonds. The third kappa shape index (κ3) is 5.80. The van der Waals surface area contributed by atoms with Crippen LogP contribution in [0, 0.1) is 10.1 Å². The number of methoxy groups -OCH3 is 1. The summed E-state index contributed by atoms with van der Waals surface area (Å²) in [6, 6.07) is 12.0. The molecule has 0 aliphatic carbocycles. The summed E-state index contributed by atoms with van der Waals surface area (Å²) in [7, 11) is 1.34. The Labute approximate surface area is 159 Å². The molecule has 0 bridgehead atoms. The number of nitro groups is 1. The molecule has 2 N–H and O–H groups in total. The van der Waals surface area contributed by atoms with Gasteiger partial charge in [-0.15, -0.1) is 0 Å². The first kappa shape index (κ1) is 20.4. The van der Waals surface area contributed by atoms with Crippen LogP contribution in [0.4, 0.5) is 11.4 Å². The quantitative estimate of drug-likeness (QED) is 0.398. The van der Waals surface area contributed by atoms with Crippen molar-refractivity contribution in [1.29, 1.82) is 0 Å². The van der Waals surface area contributed by atoms with E-state index < -0.39 is 35.9 Å². The maximum atomic E-state index is 11.9. The molecule has 28 heavy (non-hydrogen) atoms. The minimum atomic E-state index is -0.814. The van der Waals surface area contributed by atoms with E-state index in [0.29, 0.717) is 5.56 Å². The molecule has 0 aliphatic rings. The third-order valence-electron chi connectivity index (χ3n) is 3.46. The fourth-order valence-corrected chi connectivity index (χ4v) is 2.13. The molecule has 0 saturated carbocycles. The fourth-order valence-electron chi connectivity index (χ4n) is 2.13. The zero-order valence-corrected chi connectivity index (χ0v) is 14.8. The maximum absolute atomic E-state index is 11.9. The van der Waals surface area contributed by atoms with E-state index >= 15 is 0 Å². The lowest BCUT2D eigenvalue weighted by Gasteiger charge is -2.10. The van der Waals surface area contributed by atoms with E-state index in [0.717, 1.165) is 6.07 Å². The number of nitrogens with one attached hydrogen (secondary N) is 2. The fraction of sp³-hybridized carbons (Fsp3) is 0.167. The van der Waals surface area contributed by atoms with Gasteiger partial charge in [-0.3, -0.25) is 24.5 Å². The number of hydrogen-bond acceptors (Lipinski definition) is 7. The van der Waals surface area contributed by atoms with Crippen molar-refractivity contribution in [3.8, 4) is 5.75 Å². The van der Waals surface area contributed by atoms with Gasteiger partial charge >= 0.3 is 5.97 Å². The zero-order valence-electron chi connectivity index (χ0n) is 14.8. The molecule has 0 spiro atoms. The summed E-state index contributed by atoms with van der Waals surface area (Å²) in [6.07, 6.45) is 0. The van der Waals surface area contributed by atoms with Gasteiger partial charge in [-0.05, 0) is 18.2 Å². The van der Waals surface area contributed by atoms with Crippen LogP contribution in [-0.4, -0.2) is 43.0 Å². The molecule has 0 unspecified atom stereocenters. The highest BCUT2D eigenvalue weighted by molar-refractivity contribution is 5.97. The Hall–Kier alpha value is -3.95. The average Bonchev–Trinajstić information content (AvgIpc) is 2.71. The highest BCUT2D eigenvalue weighted by atomic mass is 16.6. The molecular formula is C18H17N3O7. The van der Waals surface area contributed by atoms with Crippen LogP contribution < -0.4 is 15.4 Å². The van der Waals surface area contributed by atoms with Crippen molar-refractivity contribution in [2.75, 3.05) is 25.6 Å². The van der Waals surface area contributed by atoms with E-state index in [-0.39, 0.29) is 17.1 Å². The molecule has 0 fully saturated rings. The first-order chi connectivity index (χ1) is 13.4. The predicted octanol–water partition coefficient (Wildman–Crippen LogP) is 1.52. The number of hydrogen-bond donors (Lipinski definition) is 2. The number of carbonyl (C=O) groups is 3. The van der Waals surface area contributed by atoms with Crippen LogP contribution in [0.5, 0.6) is 5.75 Å². The number of esters is 1. The Bertz CT molecular complexity index is 884. The van der Waals surface area contributed by atoms with Gasteiger partial charge in [-0.1, -0.05) is 18.2 Å². The Morgan fingerprint density at radius 2 is 1.82 bits per heavy atom. The van der Waals surface area contributed by atoms with E-state index in [1.165, 1.54) is 19.2 Å². The van der Waals surface area contributed by atoms with Crippen LogP contribution in [0.1, 0.15) is 10.4 Å². The number of rotatable bonds is 8. The molecule has 10 nitrogen and oxygen atoms in total. The number of ether oxygens (including phenoxy) is 2. The molecule has 2 aromatic carbocycles. The molecule has 0 radical (unpaired) electrons. The molecular weight excluding hydrogens is 370 g/mol. The molecule has 146 valence electrons. The topological polar surface area (TPSA) is 137 Å². The van der Waals surface area contributed by atoms with E-state index in [9.17, 15) is 24.5 Å². The number of carbonyl (C=O) groups excluding carboxylic acids is 3. The number of anilines is 1. The van der Waals surface area contributed by atoms with Gasteiger partial charge in [0.05, 0.1) is 17.7 Å². The van der Waals surface area contributed by atoms with Gasteiger partial charge in [0.25, 0.3) is 17.5 Å². The second-order valence-corrected chi connectivity index (χ2v) is 5.40. The molecule has 2 aromatic rings. The van der Waals surface area contributed by atoms with Gasteiger partial charge in [0.1, 0.15) is 12.3 Å². The Balaban J connectivity index is 1.83. The van der Waals surface area contributed by atoms with Gasteiger partial charge in [0.2, 0.25) is 0 Å². The molecule has 0 atom stereocenters. The van der Waals surface area contributed by atoms with Crippen molar-refractivity contribution in [2.24, 2.45) is 0 Å². The summed E-state index contributed by atoms with van der Waals surface area (Å²) in [5, 5.41) is 15.6. The van der Waals surface area contributed by atoms with Crippen molar-refractivity contribution < 1.29 is 28.8 Å². The molecule has 0 aliphatic heterocycles. The first-order valence-electron chi connectivity index (χ1n) is 8.02. The lowest BCUT2D eigenvalue weighted by Crippen LogP contribution is -2.32. The summed E-state index contributed by atoms with van der Waals surface area (Å²) in [5.74, 6) is -1.78. The van der Waals surface area contributed by atoms with E-state index in [1.807, 2.05) is 0 Å². The van der Waals surface area contributed by atoms with Crippen molar-refractivity contribution in [3.05, 3.63) is 64.2 Å². The standard InChI is InChI=1S/C18H17N3O7/c1-27-15-8-7-13(21(25)26)9-14(15)20-16(22)11-28-17(23)10-19-18(24)12-5-3-2-4-6-12/h2-9H,10-11H2,1H3,(H,19,24)(H,20,22). The second kappa shape index (κ2) is 9.67. The summed E-state index contributed by atoms with van der Waals surface area (Å²) in [5.41, 5.74) is 0.206. The van der Waals surface area contributed by atoms with Gasteiger partial charge in [-0.25, -0.2) is 0 Å². The second-order valence-electron chi connectivity index (χ2n) is 5.40. The number of nitro benzene ring substituents is 1. The summed E-state index contributed by atoms with van der Waals surface area (Å²) in [6.45, 7) is -1.05. The van der Waals surface area contributed by atoms with Crippen molar-refractivity contribution in [3.63, 3.8) is 0 Å². The van der Waals surface area contributed by atoms with Crippen molar-refractivity contribution in [2.45, 2.75) is 0 Å². The predicted molar refractivity (Wildman–Crippen MR) is 98.0 cm³/mol. The van der Waals surface area contributed by atoms with Crippen LogP contribution in [0.2, 0.25) is 0 Å². The number of nitrogens with zero attached hydrogens (tertiary/aromatic N) is 1. The summed E-state index contributed by atoms with van der Waals surface area (Å²) < 4.78 is 9.79. The number of amides is 2. The van der Waals surface area contributed by atoms with Crippen molar-refractivity contribution in [1.82, 2.24) is 5.32 Å². The highest BCUT2D eigenvalue weighted by Gasteiger charge is 2.15. The average molecular weight is 387 g/mol. The van der Waals surface area contributed by atoms with Crippen LogP contribution in [-0.2, 0) is 14.3 Å². The molecule has 0 aromatic heterocycles. The molecule has 0 heterocycles. The summed E-state index contributed by atoms with van der Waals surface area (Å²) >= 11 is 0. The molecule has 0 saturated heterocycles. The van der Waals surface area contributed by atoms with Crippen LogP contribution >= 0.6 is 0 Å². The van der Waals surface area contributed by atoms with Crippen LogP contribution in [0.3, 0.4) is 0 Å². The largest absolute Gasteiger partial charge is 0.495 e. The Kier molecular flexibility index (Phi) is 7.03. The lowest BCUT2D eigenvalue weighted by molar-refractivity contribution is -0.384. The van der Waals surface area contributed by atoms with Gasteiger partial charge in [0.15, 0.2) is 6.61 Å². The monoisotopic (exact) mass is 387 g/mol. The third-order valence-corrected chi connectivity index (χ3v) is 3.46. The first-order valence-corrected chi connectivity index (χ1v) is 8.02. The van der Waals surface area contributed by atoms with Crippen LogP contribution in [0.15, 0.2) is 48.5 Å². The smallest absolute Gasteiger partial charge is 0.325 e. The SMILES string of the molecule is COc1ccc([N+](=O)[O-])cc1NC(=O)COC(=O)CNC(=O)c1ccccc1. The van der Waals surface area contributed by atoms with Gasteiger partial charge < -0.3 is 20.1 Å². The lowest BCUT2D eigenvalue weighted by atomic mass is 10.2. The highest BCUT2D eigenvalue weighted by Crippen LogP contribution is 2.28.